The molecule has 0 radical (unpaired) electrons. The fourth-order valence-electron chi connectivity index (χ4n) is 1.63. The quantitative estimate of drug-likeness (QED) is 0.852. The minimum absolute atomic E-state index is 0.105. The standard InChI is InChI=1S/C10H10BrFN2O/c1-2-14-5-10(15)13-8-4-7(12)6(11)3-9(8)14/h3-4H,2,5H2,1H3,(H,13,15). The van der Waals surface area contributed by atoms with Gasteiger partial charge >= 0.3 is 0 Å². The zero-order valence-electron chi connectivity index (χ0n) is 8.18. The van der Waals surface area contributed by atoms with Gasteiger partial charge < -0.3 is 10.2 Å². The number of carbonyl (C=O) groups is 1. The molecule has 0 saturated heterocycles. The number of benzene rings is 1. The minimum Gasteiger partial charge on any atom is -0.361 e. The predicted molar refractivity (Wildman–Crippen MR) is 60.6 cm³/mol. The normalized spacial score (nSPS) is 14.9. The number of anilines is 2. The molecule has 0 saturated carbocycles. The topological polar surface area (TPSA) is 32.3 Å². The van der Waals surface area contributed by atoms with Crippen molar-refractivity contribution >= 4 is 33.2 Å². The van der Waals surface area contributed by atoms with Gasteiger partial charge in [-0.3, -0.25) is 4.79 Å². The predicted octanol–water partition coefficient (Wildman–Crippen LogP) is 2.37. The number of nitrogens with one attached hydrogen (secondary N) is 1. The van der Waals surface area contributed by atoms with Crippen LogP contribution in [0.25, 0.3) is 0 Å². The molecular weight excluding hydrogens is 263 g/mol. The Kier molecular flexibility index (Phi) is 2.65. The zero-order valence-corrected chi connectivity index (χ0v) is 9.77. The van der Waals surface area contributed by atoms with Crippen molar-refractivity contribution in [3.63, 3.8) is 0 Å². The maximum absolute atomic E-state index is 13.2. The van der Waals surface area contributed by atoms with Crippen molar-refractivity contribution in [2.75, 3.05) is 23.3 Å². The molecule has 0 aromatic heterocycles. The number of hydrogen-bond acceptors (Lipinski definition) is 2. The molecule has 1 aliphatic rings. The van der Waals surface area contributed by atoms with Crippen LogP contribution in [0.4, 0.5) is 15.8 Å². The van der Waals surface area contributed by atoms with Crippen molar-refractivity contribution in [3.8, 4) is 0 Å². The number of likely N-dealkylation sites (N-methyl/N-ethyl adjacent to an activating group) is 1. The van der Waals surface area contributed by atoms with Crippen molar-refractivity contribution in [2.24, 2.45) is 0 Å². The molecule has 1 amide bonds. The van der Waals surface area contributed by atoms with E-state index >= 15 is 0 Å². The summed E-state index contributed by atoms with van der Waals surface area (Å²) in [7, 11) is 0. The van der Waals surface area contributed by atoms with E-state index in [4.69, 9.17) is 0 Å². The smallest absolute Gasteiger partial charge is 0.243 e. The first kappa shape index (κ1) is 10.4. The van der Waals surface area contributed by atoms with Gasteiger partial charge in [-0.1, -0.05) is 0 Å². The molecule has 2 rings (SSSR count). The molecule has 0 fully saturated rings. The van der Waals surface area contributed by atoms with E-state index in [2.05, 4.69) is 21.2 Å². The molecule has 5 heteroatoms. The van der Waals surface area contributed by atoms with Crippen LogP contribution in [0.3, 0.4) is 0 Å². The summed E-state index contributed by atoms with van der Waals surface area (Å²) in [5, 5.41) is 2.65. The van der Waals surface area contributed by atoms with Crippen LogP contribution in [0.1, 0.15) is 6.92 Å². The van der Waals surface area contributed by atoms with Crippen molar-refractivity contribution in [1.82, 2.24) is 0 Å². The van der Waals surface area contributed by atoms with Crippen LogP contribution < -0.4 is 10.2 Å². The molecule has 15 heavy (non-hydrogen) atoms. The van der Waals surface area contributed by atoms with Crippen LogP contribution in [-0.2, 0) is 4.79 Å². The molecular formula is C10H10BrFN2O. The Morgan fingerprint density at radius 1 is 1.60 bits per heavy atom. The van der Waals surface area contributed by atoms with E-state index in [0.29, 0.717) is 16.7 Å². The van der Waals surface area contributed by atoms with Crippen LogP contribution in [0.2, 0.25) is 0 Å². The van der Waals surface area contributed by atoms with Gasteiger partial charge in [0.1, 0.15) is 5.82 Å². The van der Waals surface area contributed by atoms with Gasteiger partial charge in [-0.25, -0.2) is 4.39 Å². The van der Waals surface area contributed by atoms with Crippen molar-refractivity contribution in [1.29, 1.82) is 0 Å². The lowest BCUT2D eigenvalue weighted by Gasteiger charge is -2.30. The summed E-state index contributed by atoms with van der Waals surface area (Å²) in [5.74, 6) is -0.474. The van der Waals surface area contributed by atoms with Gasteiger partial charge in [0.15, 0.2) is 0 Å². The van der Waals surface area contributed by atoms with Gasteiger partial charge in [-0.15, -0.1) is 0 Å². The summed E-state index contributed by atoms with van der Waals surface area (Å²) in [6, 6.07) is 3.02. The molecule has 0 spiro atoms. The Morgan fingerprint density at radius 3 is 3.00 bits per heavy atom. The summed E-state index contributed by atoms with van der Waals surface area (Å²) < 4.78 is 13.7. The Hall–Kier alpha value is -1.10. The van der Waals surface area contributed by atoms with Crippen LogP contribution >= 0.6 is 15.9 Å². The Bertz CT molecular complexity index is 422. The summed E-state index contributed by atoms with van der Waals surface area (Å²) in [5.41, 5.74) is 1.39. The van der Waals surface area contributed by atoms with E-state index in [1.807, 2.05) is 11.8 Å². The fraction of sp³-hybridized carbons (Fsp3) is 0.300. The van der Waals surface area contributed by atoms with Gasteiger partial charge in [-0.2, -0.15) is 0 Å². The lowest BCUT2D eigenvalue weighted by molar-refractivity contribution is -0.115. The highest BCUT2D eigenvalue weighted by Crippen LogP contribution is 2.33. The molecule has 1 aromatic carbocycles. The largest absolute Gasteiger partial charge is 0.361 e. The van der Waals surface area contributed by atoms with Crippen LogP contribution in [-0.4, -0.2) is 19.0 Å². The highest BCUT2D eigenvalue weighted by atomic mass is 79.9. The van der Waals surface area contributed by atoms with Gasteiger partial charge in [0.05, 0.1) is 22.4 Å². The Balaban J connectivity index is 2.51. The summed E-state index contributed by atoms with van der Waals surface area (Å²) >= 11 is 3.13. The van der Waals surface area contributed by atoms with Crippen molar-refractivity contribution < 1.29 is 9.18 Å². The van der Waals surface area contributed by atoms with Gasteiger partial charge in [0.2, 0.25) is 5.91 Å². The second kappa shape index (κ2) is 3.81. The number of halogens is 2. The summed E-state index contributed by atoms with van der Waals surface area (Å²) in [6.45, 7) is 3.00. The summed E-state index contributed by atoms with van der Waals surface area (Å²) in [4.78, 5) is 13.2. The van der Waals surface area contributed by atoms with Crippen LogP contribution in [0, 0.1) is 5.82 Å². The SMILES string of the molecule is CCN1CC(=O)Nc2cc(F)c(Br)cc21. The molecule has 3 nitrogen and oxygen atoms in total. The number of amides is 1. The minimum atomic E-state index is -0.369. The lowest BCUT2D eigenvalue weighted by atomic mass is 10.2. The van der Waals surface area contributed by atoms with Gasteiger partial charge in [0.25, 0.3) is 0 Å². The molecule has 1 aliphatic heterocycles. The third kappa shape index (κ3) is 1.84. The number of fused-ring (bicyclic) bond motifs is 1. The molecule has 0 atom stereocenters. The van der Waals surface area contributed by atoms with Gasteiger partial charge in [-0.05, 0) is 28.9 Å². The highest BCUT2D eigenvalue weighted by molar-refractivity contribution is 9.10. The number of nitrogens with zero attached hydrogens (tertiary/aromatic N) is 1. The van der Waals surface area contributed by atoms with Crippen molar-refractivity contribution in [2.45, 2.75) is 6.92 Å². The van der Waals surface area contributed by atoms with Crippen LogP contribution in [0.15, 0.2) is 16.6 Å². The Labute approximate surface area is 95.4 Å². The van der Waals surface area contributed by atoms with E-state index in [1.54, 1.807) is 6.07 Å². The maximum atomic E-state index is 13.2. The third-order valence-corrected chi connectivity index (χ3v) is 2.98. The first-order valence-corrected chi connectivity index (χ1v) is 5.45. The average Bonchev–Trinajstić information content (AvgIpc) is 2.19. The van der Waals surface area contributed by atoms with Crippen molar-refractivity contribution in [3.05, 3.63) is 22.4 Å². The van der Waals surface area contributed by atoms with E-state index in [1.165, 1.54) is 6.07 Å². The molecule has 0 aliphatic carbocycles. The van der Waals surface area contributed by atoms with E-state index in [9.17, 15) is 9.18 Å². The number of rotatable bonds is 1. The van der Waals surface area contributed by atoms with Crippen LogP contribution in [0.5, 0.6) is 0 Å². The first-order valence-electron chi connectivity index (χ1n) is 4.65. The van der Waals surface area contributed by atoms with E-state index in [0.717, 1.165) is 12.2 Å². The molecule has 80 valence electrons. The molecule has 0 bridgehead atoms. The van der Waals surface area contributed by atoms with E-state index < -0.39 is 0 Å². The summed E-state index contributed by atoms with van der Waals surface area (Å²) in [6.07, 6.45) is 0. The van der Waals surface area contributed by atoms with Gasteiger partial charge in [0, 0.05) is 12.6 Å². The maximum Gasteiger partial charge on any atom is 0.243 e. The molecule has 1 heterocycles. The van der Waals surface area contributed by atoms with E-state index in [-0.39, 0.29) is 11.7 Å². The molecule has 0 unspecified atom stereocenters. The highest BCUT2D eigenvalue weighted by Gasteiger charge is 2.22. The number of carbonyl (C=O) groups excluding carboxylic acids is 1. The fourth-order valence-corrected chi connectivity index (χ4v) is 1.96. The monoisotopic (exact) mass is 272 g/mol. The average molecular weight is 273 g/mol. The third-order valence-electron chi connectivity index (χ3n) is 2.37. The molecule has 1 N–H and O–H groups in total. The number of hydrogen-bond donors (Lipinski definition) is 1. The lowest BCUT2D eigenvalue weighted by Crippen LogP contribution is -2.38. The molecule has 1 aromatic rings. The first-order chi connectivity index (χ1) is 7.11. The second-order valence-electron chi connectivity index (χ2n) is 3.35. The Morgan fingerprint density at radius 2 is 2.33 bits per heavy atom. The zero-order chi connectivity index (χ0) is 11.0. The second-order valence-corrected chi connectivity index (χ2v) is 4.20.